The van der Waals surface area contributed by atoms with Crippen molar-refractivity contribution in [1.82, 2.24) is 25.5 Å². The van der Waals surface area contributed by atoms with E-state index in [1.54, 1.807) is 18.5 Å². The summed E-state index contributed by atoms with van der Waals surface area (Å²) in [4.78, 5) is 21.4. The summed E-state index contributed by atoms with van der Waals surface area (Å²) in [5.41, 5.74) is 3.86. The molecule has 3 heterocycles. The number of pyridine rings is 2. The molecule has 25 heavy (non-hydrogen) atoms. The van der Waals surface area contributed by atoms with Crippen molar-refractivity contribution in [2.24, 2.45) is 5.92 Å². The first-order chi connectivity index (χ1) is 12.2. The molecule has 4 rings (SSSR count). The van der Waals surface area contributed by atoms with Crippen LogP contribution in [0.15, 0.2) is 48.8 Å². The minimum absolute atomic E-state index is 0.0599. The number of hydrogen-bond acceptors (Lipinski definition) is 4. The molecule has 0 saturated heterocycles. The Morgan fingerprint density at radius 3 is 2.72 bits per heavy atom. The summed E-state index contributed by atoms with van der Waals surface area (Å²) >= 11 is 0. The highest BCUT2D eigenvalue weighted by Crippen LogP contribution is 2.41. The molecule has 0 radical (unpaired) electrons. The van der Waals surface area contributed by atoms with Gasteiger partial charge in [-0.3, -0.25) is 19.9 Å². The van der Waals surface area contributed by atoms with Crippen LogP contribution >= 0.6 is 0 Å². The highest BCUT2D eigenvalue weighted by atomic mass is 16.2. The van der Waals surface area contributed by atoms with Gasteiger partial charge in [0, 0.05) is 12.4 Å². The number of hydrogen-bond donors (Lipinski definition) is 2. The van der Waals surface area contributed by atoms with Crippen LogP contribution in [0.3, 0.4) is 0 Å². The average molecular weight is 333 g/mol. The summed E-state index contributed by atoms with van der Waals surface area (Å²) in [7, 11) is 0. The number of amides is 1. The zero-order chi connectivity index (χ0) is 17.2. The summed E-state index contributed by atoms with van der Waals surface area (Å²) in [6.45, 7) is 2.03. The normalized spacial score (nSPS) is 14.9. The quantitative estimate of drug-likeness (QED) is 0.751. The largest absolute Gasteiger partial charge is 0.342 e. The Bertz CT molecular complexity index is 886. The lowest BCUT2D eigenvalue weighted by Crippen LogP contribution is -2.31. The van der Waals surface area contributed by atoms with E-state index in [0.29, 0.717) is 17.3 Å². The number of aromatic amines is 1. The lowest BCUT2D eigenvalue weighted by atomic mass is 10.0. The van der Waals surface area contributed by atoms with Gasteiger partial charge < -0.3 is 5.32 Å². The van der Waals surface area contributed by atoms with Crippen LogP contribution in [0.4, 0.5) is 0 Å². The molecule has 6 heteroatoms. The van der Waals surface area contributed by atoms with Crippen LogP contribution in [0.5, 0.6) is 0 Å². The molecule has 1 fully saturated rings. The molecule has 6 nitrogen and oxygen atoms in total. The molecular weight excluding hydrogens is 314 g/mol. The second-order valence-corrected chi connectivity index (χ2v) is 6.38. The number of aryl methyl sites for hydroxylation is 1. The third-order valence-electron chi connectivity index (χ3n) is 4.47. The zero-order valence-electron chi connectivity index (χ0n) is 13.9. The standard InChI is InChI=1S/C19H19N5O/c1-12-5-4-10-21-17(12)18(13-7-8-13)22-19(25)16-11-15(23-24-16)14-6-2-3-9-20-14/h2-6,9-11,13,18H,7-8H2,1H3,(H,22,25)(H,23,24)/t18-/m0/s1. The second-order valence-electron chi connectivity index (χ2n) is 6.38. The first kappa shape index (κ1) is 15.5. The van der Waals surface area contributed by atoms with Gasteiger partial charge in [-0.2, -0.15) is 5.10 Å². The Morgan fingerprint density at radius 2 is 2.00 bits per heavy atom. The van der Waals surface area contributed by atoms with Gasteiger partial charge in [-0.1, -0.05) is 12.1 Å². The number of carbonyl (C=O) groups excluding carboxylic acids is 1. The lowest BCUT2D eigenvalue weighted by molar-refractivity contribution is 0.0925. The van der Waals surface area contributed by atoms with E-state index >= 15 is 0 Å². The van der Waals surface area contributed by atoms with Gasteiger partial charge in [0.2, 0.25) is 0 Å². The summed E-state index contributed by atoms with van der Waals surface area (Å²) in [5.74, 6) is 0.285. The van der Waals surface area contributed by atoms with E-state index in [-0.39, 0.29) is 11.9 Å². The first-order valence-electron chi connectivity index (χ1n) is 8.41. The van der Waals surface area contributed by atoms with Crippen LogP contribution in [0.1, 0.15) is 40.6 Å². The average Bonchev–Trinajstić information content (AvgIpc) is 3.36. The molecule has 126 valence electrons. The van der Waals surface area contributed by atoms with Crippen LogP contribution in [-0.4, -0.2) is 26.1 Å². The number of H-pyrrole nitrogens is 1. The van der Waals surface area contributed by atoms with Crippen molar-refractivity contribution in [3.8, 4) is 11.4 Å². The van der Waals surface area contributed by atoms with E-state index < -0.39 is 0 Å². The predicted molar refractivity (Wildman–Crippen MR) is 93.7 cm³/mol. The maximum Gasteiger partial charge on any atom is 0.269 e. The van der Waals surface area contributed by atoms with E-state index in [4.69, 9.17) is 0 Å². The van der Waals surface area contributed by atoms with Gasteiger partial charge in [0.15, 0.2) is 0 Å². The van der Waals surface area contributed by atoms with Gasteiger partial charge in [0.25, 0.3) is 5.91 Å². The Labute approximate surface area is 145 Å². The van der Waals surface area contributed by atoms with E-state index in [1.807, 2.05) is 37.3 Å². The molecule has 0 aromatic carbocycles. The molecule has 1 aliphatic rings. The molecule has 3 aromatic heterocycles. The monoisotopic (exact) mass is 333 g/mol. The van der Waals surface area contributed by atoms with Crippen molar-refractivity contribution in [1.29, 1.82) is 0 Å². The first-order valence-corrected chi connectivity index (χ1v) is 8.41. The molecule has 1 saturated carbocycles. The van der Waals surface area contributed by atoms with Crippen molar-refractivity contribution in [3.63, 3.8) is 0 Å². The van der Waals surface area contributed by atoms with Crippen LogP contribution in [0.2, 0.25) is 0 Å². The van der Waals surface area contributed by atoms with Gasteiger partial charge in [-0.05, 0) is 55.5 Å². The van der Waals surface area contributed by atoms with Crippen molar-refractivity contribution in [2.45, 2.75) is 25.8 Å². The van der Waals surface area contributed by atoms with Crippen molar-refractivity contribution < 1.29 is 4.79 Å². The molecule has 2 N–H and O–H groups in total. The Kier molecular flexibility index (Phi) is 4.01. The fourth-order valence-electron chi connectivity index (χ4n) is 2.97. The third-order valence-corrected chi connectivity index (χ3v) is 4.47. The molecule has 1 atom stereocenters. The topological polar surface area (TPSA) is 83.6 Å². The Hall–Kier alpha value is -3.02. The van der Waals surface area contributed by atoms with E-state index in [1.165, 1.54) is 0 Å². The molecule has 0 unspecified atom stereocenters. The van der Waals surface area contributed by atoms with Gasteiger partial charge in [0.1, 0.15) is 11.4 Å². The summed E-state index contributed by atoms with van der Waals surface area (Å²) in [6, 6.07) is 11.2. The van der Waals surface area contributed by atoms with Gasteiger partial charge in [0.05, 0.1) is 17.4 Å². The van der Waals surface area contributed by atoms with Crippen LogP contribution in [-0.2, 0) is 0 Å². The minimum atomic E-state index is -0.170. The SMILES string of the molecule is Cc1cccnc1[C@@H](NC(=O)c1cc(-c2ccccn2)n[nH]1)C1CC1. The van der Waals surface area contributed by atoms with Crippen LogP contribution in [0, 0.1) is 12.8 Å². The van der Waals surface area contributed by atoms with Crippen molar-refractivity contribution >= 4 is 5.91 Å². The molecule has 1 amide bonds. The zero-order valence-corrected chi connectivity index (χ0v) is 13.9. The Morgan fingerprint density at radius 1 is 1.16 bits per heavy atom. The second kappa shape index (κ2) is 6.47. The lowest BCUT2D eigenvalue weighted by Gasteiger charge is -2.19. The molecule has 3 aromatic rings. The fraction of sp³-hybridized carbons (Fsp3) is 0.263. The van der Waals surface area contributed by atoms with E-state index in [9.17, 15) is 4.79 Å². The maximum atomic E-state index is 12.7. The van der Waals surface area contributed by atoms with Gasteiger partial charge >= 0.3 is 0 Å². The number of carbonyl (C=O) groups is 1. The number of nitrogens with one attached hydrogen (secondary N) is 2. The van der Waals surface area contributed by atoms with Crippen molar-refractivity contribution in [3.05, 3.63) is 65.7 Å². The van der Waals surface area contributed by atoms with Gasteiger partial charge in [-0.25, -0.2) is 0 Å². The third kappa shape index (κ3) is 3.28. The summed E-state index contributed by atoms with van der Waals surface area (Å²) in [6.07, 6.45) is 5.71. The van der Waals surface area contributed by atoms with E-state index in [2.05, 4.69) is 25.5 Å². The molecule has 0 aliphatic heterocycles. The highest BCUT2D eigenvalue weighted by molar-refractivity contribution is 5.93. The molecular formula is C19H19N5O. The van der Waals surface area contributed by atoms with Crippen LogP contribution in [0.25, 0.3) is 11.4 Å². The number of aromatic nitrogens is 4. The molecule has 0 spiro atoms. The highest BCUT2D eigenvalue weighted by Gasteiger charge is 2.35. The number of rotatable bonds is 5. The van der Waals surface area contributed by atoms with Crippen molar-refractivity contribution in [2.75, 3.05) is 0 Å². The predicted octanol–water partition coefficient (Wildman–Crippen LogP) is 3.06. The summed E-state index contributed by atoms with van der Waals surface area (Å²) < 4.78 is 0. The van der Waals surface area contributed by atoms with Gasteiger partial charge in [-0.15, -0.1) is 0 Å². The molecule has 0 bridgehead atoms. The van der Waals surface area contributed by atoms with E-state index in [0.717, 1.165) is 29.8 Å². The fourth-order valence-corrected chi connectivity index (χ4v) is 2.97. The Balaban J connectivity index is 1.55. The summed E-state index contributed by atoms with van der Waals surface area (Å²) in [5, 5.41) is 10.1. The molecule has 1 aliphatic carbocycles. The number of nitrogens with zero attached hydrogens (tertiary/aromatic N) is 3. The smallest absolute Gasteiger partial charge is 0.269 e. The maximum absolute atomic E-state index is 12.7. The minimum Gasteiger partial charge on any atom is -0.342 e. The van der Waals surface area contributed by atoms with Crippen LogP contribution < -0.4 is 5.32 Å².